The maximum atomic E-state index is 17.0. The normalized spacial score (nSPS) is 32.9. The first-order chi connectivity index (χ1) is 41.5. The lowest BCUT2D eigenvalue weighted by Gasteiger charge is -2.62. The molecule has 87 heavy (non-hydrogen) atoms. The molecule has 408 valence electrons. The van der Waals surface area contributed by atoms with Crippen molar-refractivity contribution in [3.8, 4) is 0 Å². The van der Waals surface area contributed by atoms with Crippen molar-refractivity contribution < 1.29 is 54.1 Å². The third-order valence-electron chi connectivity index (χ3n) is 27.2. The number of ether oxygens (including phenoxy) is 1. The second kappa shape index (κ2) is 9.03. The van der Waals surface area contributed by atoms with E-state index in [9.17, 15) is 0 Å². The predicted molar refractivity (Wildman–Crippen MR) is 330 cm³/mol. The smallest absolute Gasteiger partial charge is 0.191 e. The summed E-state index contributed by atoms with van der Waals surface area (Å²) in [7, 11) is 0. The van der Waals surface area contributed by atoms with E-state index >= 15 is 10.2 Å². The molecule has 0 saturated carbocycles. The summed E-state index contributed by atoms with van der Waals surface area (Å²) in [6.45, 7) is 24.5. The lowest BCUT2D eigenvalue weighted by Crippen LogP contribution is -2.77. The quantitative estimate of drug-likeness (QED) is 0.0496. The van der Waals surface area contributed by atoms with Crippen molar-refractivity contribution >= 4 is 215 Å². The van der Waals surface area contributed by atoms with E-state index in [-0.39, 0.29) is 0 Å². The van der Waals surface area contributed by atoms with Gasteiger partial charge in [0.2, 0.25) is 0 Å². The van der Waals surface area contributed by atoms with E-state index in [0.717, 1.165) is 98.4 Å². The average molecular weight is 1130 g/mol. The van der Waals surface area contributed by atoms with Gasteiger partial charge >= 0.3 is 0 Å². The highest BCUT2D eigenvalue weighted by molar-refractivity contribution is 6.77. The molecule has 1 saturated heterocycles. The molecule has 0 radical (unpaired) electrons. The highest BCUT2D eigenvalue weighted by Crippen LogP contribution is 2.99. The van der Waals surface area contributed by atoms with Gasteiger partial charge in [0, 0.05) is 66.8 Å². The molecule has 8 atom stereocenters. The van der Waals surface area contributed by atoms with Gasteiger partial charge in [0.15, 0.2) is 44.8 Å². The summed E-state index contributed by atoms with van der Waals surface area (Å²) >= 11 is 0. The Labute approximate surface area is 484 Å². The molecule has 21 aromatic rings. The van der Waals surface area contributed by atoms with Crippen molar-refractivity contribution in [3.05, 3.63) is 66.8 Å². The maximum absolute atomic E-state index is 17.0. The Kier molecular flexibility index (Phi) is 4.19. The second-order valence-electron chi connectivity index (χ2n) is 34.2. The average Bonchev–Trinajstić information content (AvgIpc) is 1.35. The molecule has 1 fully saturated rings. The van der Waals surface area contributed by atoms with Gasteiger partial charge in [-0.25, -0.2) is 39.1 Å². The largest absolute Gasteiger partial charge is 0.378 e. The molecule has 1 heterocycles. The first-order valence-electron chi connectivity index (χ1n) is 31.7. The van der Waals surface area contributed by atoms with Crippen LogP contribution in [0.25, 0.3) is 215 Å². The van der Waals surface area contributed by atoms with E-state index < -0.39 is 67.2 Å². The standard InChI is InChI=1S/C76H38O11/c1-65(2,3)80-84-69-53-43-33-23-18-13-14-16-17-15(13)20-26-24(18)34(33)44-46-36(26)39-29(20)31-22(17)32-30-21(16)28-27-19(14)25(23)35-37(27)47-48-38(28)40(30)50-52-42(32)41(31)51-49(39)59-56(46)70(54(44)53,85-81-66(4,5)6)64-63(69)74(78)71(77,57(47)55(69)45(35)43)58(48)60(50)73(87-83-68(10,11)12)62(52)61(51)72(59,86-82-67(7,8)9)75(64)76(73,74)79-75/h77-78H,1-12H3/t69-,70+,71-,72+,73-,74-,75+,76+/m1/s1. The van der Waals surface area contributed by atoms with Crippen molar-refractivity contribution in [1.29, 1.82) is 0 Å². The van der Waals surface area contributed by atoms with Gasteiger partial charge in [0.05, 0.1) is 22.4 Å². The van der Waals surface area contributed by atoms with E-state index in [2.05, 4.69) is 20.8 Å². The van der Waals surface area contributed by atoms with Crippen molar-refractivity contribution in [2.24, 2.45) is 0 Å². The number of hydrogen-bond acceptors (Lipinski definition) is 11. The van der Waals surface area contributed by atoms with Gasteiger partial charge in [-0.3, -0.25) is 0 Å². The van der Waals surface area contributed by atoms with E-state index in [4.69, 9.17) is 43.8 Å². The Bertz CT molecular complexity index is 7420. The van der Waals surface area contributed by atoms with Crippen LogP contribution in [0.3, 0.4) is 0 Å². The molecule has 12 aliphatic rings. The zero-order valence-electron chi connectivity index (χ0n) is 48.6. The molecule has 11 heteroatoms. The van der Waals surface area contributed by atoms with Gasteiger partial charge in [-0.1, -0.05) is 0 Å². The highest BCUT2D eigenvalue weighted by atomic mass is 17.2. The summed E-state index contributed by atoms with van der Waals surface area (Å²) in [6, 6.07) is 0. The summed E-state index contributed by atoms with van der Waals surface area (Å²) in [5.74, 6) is 0. The molecule has 2 spiro atoms. The summed E-state index contributed by atoms with van der Waals surface area (Å²) in [5.41, 5.74) is -9.33. The molecule has 33 rings (SSSR count). The van der Waals surface area contributed by atoms with Crippen molar-refractivity contribution in [3.63, 3.8) is 0 Å². The van der Waals surface area contributed by atoms with Gasteiger partial charge in [-0.2, -0.15) is 0 Å². The van der Waals surface area contributed by atoms with Crippen LogP contribution in [0.1, 0.15) is 139 Å². The fourth-order valence-corrected chi connectivity index (χ4v) is 26.9. The van der Waals surface area contributed by atoms with Crippen LogP contribution < -0.4 is 0 Å². The Balaban J connectivity index is 1.05. The molecule has 11 aliphatic carbocycles. The predicted octanol–water partition coefficient (Wildman–Crippen LogP) is 16.0. The first-order valence-corrected chi connectivity index (χ1v) is 31.7. The van der Waals surface area contributed by atoms with Gasteiger partial charge in [0.25, 0.3) is 0 Å². The number of rotatable bonds is 8. The fraction of sp³-hybridized carbons (Fsp3) is 0.316. The zero-order chi connectivity index (χ0) is 56.4. The van der Waals surface area contributed by atoms with Gasteiger partial charge in [-0.15, -0.1) is 0 Å². The van der Waals surface area contributed by atoms with Crippen LogP contribution >= 0.6 is 0 Å². The van der Waals surface area contributed by atoms with Crippen LogP contribution in [0.4, 0.5) is 0 Å². The Hall–Kier alpha value is -7.20. The van der Waals surface area contributed by atoms with Crippen LogP contribution in [0.2, 0.25) is 0 Å². The number of benzene rings is 15. The SMILES string of the molecule is CC(C)(C)OO[C@]12C3=C4[C@]5(OOC(C)(C)C)c6c1c1c7c2c2c8c9c%10c%11c%12c%13c%14c%15c%16c%17c(c5c5c6c6c1c1c%18c7c8c7c8c9c%12c9c%12c%13c%16c%13c%16c%17c5c5c6c1c1c(c%187)c(c89)c(c%13%12)c1c5%16)[C@@]%15(OOC(C)(C)C)[C@@]41O[C@@]1([C@@]%11%14OOC(C)(C)C)[C@]3(O)[C@@]2%10O. The molecule has 1 aliphatic heterocycles. The molecule has 0 amide bonds. The third kappa shape index (κ3) is 2.42. The number of aliphatic hydroxyl groups is 2. The molecule has 21 aromatic carbocycles. The van der Waals surface area contributed by atoms with E-state index in [1.165, 1.54) is 162 Å². The van der Waals surface area contributed by atoms with Crippen LogP contribution in [0.5, 0.6) is 0 Å². The van der Waals surface area contributed by atoms with Gasteiger partial charge in [0.1, 0.15) is 0 Å². The van der Waals surface area contributed by atoms with Crippen molar-refractivity contribution in [1.82, 2.24) is 0 Å². The molecule has 0 aromatic heterocycles. The molecule has 0 bridgehead atoms. The number of epoxide rings is 1. The summed E-state index contributed by atoms with van der Waals surface area (Å²) in [6.07, 6.45) is 0. The van der Waals surface area contributed by atoms with Crippen LogP contribution in [0, 0.1) is 0 Å². The van der Waals surface area contributed by atoms with Crippen LogP contribution in [-0.4, -0.2) is 49.4 Å². The molecule has 0 unspecified atom stereocenters. The minimum absolute atomic E-state index is 0.456. The van der Waals surface area contributed by atoms with Gasteiger partial charge in [-0.05, 0) is 299 Å². The summed E-state index contributed by atoms with van der Waals surface area (Å²) in [5, 5.41) is 83.6. The summed E-state index contributed by atoms with van der Waals surface area (Å²) < 4.78 is 8.71. The van der Waals surface area contributed by atoms with Crippen LogP contribution in [0.15, 0.2) is 11.1 Å². The molecular formula is C76H38O11. The Morgan fingerprint density at radius 1 is 0.253 bits per heavy atom. The first kappa shape index (κ1) is 40.4. The topological polar surface area (TPSA) is 127 Å². The molecule has 11 nitrogen and oxygen atoms in total. The van der Waals surface area contributed by atoms with Crippen LogP contribution in [-0.2, 0) is 71.8 Å². The van der Waals surface area contributed by atoms with E-state index in [1.807, 2.05) is 62.3 Å². The van der Waals surface area contributed by atoms with Crippen molar-refractivity contribution in [2.45, 2.75) is 150 Å². The lowest BCUT2D eigenvalue weighted by atomic mass is 9.45. The van der Waals surface area contributed by atoms with E-state index in [0.29, 0.717) is 22.3 Å². The second-order valence-corrected chi connectivity index (χ2v) is 34.2. The zero-order valence-corrected chi connectivity index (χ0v) is 48.6. The monoisotopic (exact) mass is 1130 g/mol. The fourth-order valence-electron chi connectivity index (χ4n) is 26.9. The molecule has 2 N–H and O–H groups in total. The van der Waals surface area contributed by atoms with Gasteiger partial charge < -0.3 is 14.9 Å². The Morgan fingerprint density at radius 3 is 0.816 bits per heavy atom. The summed E-state index contributed by atoms with van der Waals surface area (Å²) in [4.78, 5) is 61.6. The Morgan fingerprint density at radius 2 is 0.471 bits per heavy atom. The minimum atomic E-state index is -2.48. The third-order valence-corrected chi connectivity index (χ3v) is 27.2. The lowest BCUT2D eigenvalue weighted by molar-refractivity contribution is -0.433. The van der Waals surface area contributed by atoms with E-state index in [1.54, 1.807) is 0 Å². The highest BCUT2D eigenvalue weighted by Gasteiger charge is 3.10. The molecular weight excluding hydrogens is 1090 g/mol. The van der Waals surface area contributed by atoms with Crippen molar-refractivity contribution in [2.75, 3.05) is 0 Å². The minimum Gasteiger partial charge on any atom is -0.378 e. The number of hydrogen-bond donors (Lipinski definition) is 2. The maximum Gasteiger partial charge on any atom is 0.191 e.